The first-order chi connectivity index (χ1) is 9.66. The molecule has 2 rings (SSSR count). The molecule has 1 N–H and O–H groups in total. The molecular formula is C15H13Cl2NO2. The molecule has 0 spiro atoms. The van der Waals surface area contributed by atoms with Gasteiger partial charge in [-0.25, -0.2) is 0 Å². The highest BCUT2D eigenvalue weighted by molar-refractivity contribution is 6.33. The summed E-state index contributed by atoms with van der Waals surface area (Å²) in [7, 11) is 0. The largest absolute Gasteiger partial charge is 0.492 e. The highest BCUT2D eigenvalue weighted by Crippen LogP contribution is 2.17. The standard InChI is InChI=1S/C15H13Cl2NO2/c16-11-4-3-5-12(10-11)20-9-8-18-15(19)13-6-1-2-7-14(13)17/h1-7,10H,8-9H2,(H,18,19). The first-order valence-corrected chi connectivity index (χ1v) is 6.83. The van der Waals surface area contributed by atoms with Gasteiger partial charge in [0.25, 0.3) is 5.91 Å². The molecule has 0 aliphatic heterocycles. The molecule has 0 fully saturated rings. The second-order valence-electron chi connectivity index (χ2n) is 4.04. The molecular weight excluding hydrogens is 297 g/mol. The molecule has 0 bridgehead atoms. The molecule has 0 atom stereocenters. The Morgan fingerprint density at radius 1 is 1.10 bits per heavy atom. The topological polar surface area (TPSA) is 38.3 Å². The van der Waals surface area contributed by atoms with Gasteiger partial charge in [0.15, 0.2) is 0 Å². The van der Waals surface area contributed by atoms with Crippen LogP contribution in [0.5, 0.6) is 5.75 Å². The maximum Gasteiger partial charge on any atom is 0.252 e. The number of carbonyl (C=O) groups is 1. The van der Waals surface area contributed by atoms with Crippen molar-refractivity contribution in [1.29, 1.82) is 0 Å². The summed E-state index contributed by atoms with van der Waals surface area (Å²) in [6, 6.07) is 14.0. The van der Waals surface area contributed by atoms with Crippen molar-refractivity contribution in [3.05, 3.63) is 64.1 Å². The summed E-state index contributed by atoms with van der Waals surface area (Å²) < 4.78 is 5.47. The molecule has 0 heterocycles. The van der Waals surface area contributed by atoms with Gasteiger partial charge in [-0.15, -0.1) is 0 Å². The monoisotopic (exact) mass is 309 g/mol. The molecule has 0 saturated heterocycles. The molecule has 0 aliphatic carbocycles. The van der Waals surface area contributed by atoms with Crippen LogP contribution in [0, 0.1) is 0 Å². The van der Waals surface area contributed by atoms with Gasteiger partial charge in [-0.3, -0.25) is 4.79 Å². The normalized spacial score (nSPS) is 10.1. The summed E-state index contributed by atoms with van der Waals surface area (Å²) in [5.74, 6) is 0.454. The van der Waals surface area contributed by atoms with Gasteiger partial charge in [0.05, 0.1) is 17.1 Å². The Morgan fingerprint density at radius 2 is 1.90 bits per heavy atom. The average Bonchev–Trinajstić information content (AvgIpc) is 2.44. The maximum absolute atomic E-state index is 11.9. The van der Waals surface area contributed by atoms with Crippen LogP contribution in [0.15, 0.2) is 48.5 Å². The van der Waals surface area contributed by atoms with Gasteiger partial charge in [0, 0.05) is 5.02 Å². The molecule has 1 amide bonds. The van der Waals surface area contributed by atoms with E-state index in [9.17, 15) is 4.79 Å². The van der Waals surface area contributed by atoms with Crippen molar-refractivity contribution >= 4 is 29.1 Å². The smallest absolute Gasteiger partial charge is 0.252 e. The molecule has 5 heteroatoms. The zero-order valence-electron chi connectivity index (χ0n) is 10.6. The Morgan fingerprint density at radius 3 is 2.65 bits per heavy atom. The van der Waals surface area contributed by atoms with Crippen LogP contribution < -0.4 is 10.1 Å². The fourth-order valence-corrected chi connectivity index (χ4v) is 2.03. The Bertz CT molecular complexity index is 602. The van der Waals surface area contributed by atoms with Gasteiger partial charge in [-0.2, -0.15) is 0 Å². The fourth-order valence-electron chi connectivity index (χ4n) is 1.63. The lowest BCUT2D eigenvalue weighted by atomic mass is 10.2. The predicted octanol–water partition coefficient (Wildman–Crippen LogP) is 3.80. The Hall–Kier alpha value is -1.71. The highest BCUT2D eigenvalue weighted by atomic mass is 35.5. The van der Waals surface area contributed by atoms with Crippen LogP contribution in [0.2, 0.25) is 10.0 Å². The van der Waals surface area contributed by atoms with Crippen molar-refractivity contribution in [2.24, 2.45) is 0 Å². The Balaban J connectivity index is 1.79. The van der Waals surface area contributed by atoms with Gasteiger partial charge in [-0.05, 0) is 30.3 Å². The van der Waals surface area contributed by atoms with Crippen molar-refractivity contribution in [3.63, 3.8) is 0 Å². The number of rotatable bonds is 5. The molecule has 2 aromatic carbocycles. The number of carbonyl (C=O) groups excluding carboxylic acids is 1. The molecule has 0 saturated carbocycles. The van der Waals surface area contributed by atoms with Gasteiger partial charge < -0.3 is 10.1 Å². The number of halogens is 2. The lowest BCUT2D eigenvalue weighted by molar-refractivity contribution is 0.0947. The van der Waals surface area contributed by atoms with Crippen molar-refractivity contribution in [2.75, 3.05) is 13.2 Å². The molecule has 104 valence electrons. The summed E-state index contributed by atoms with van der Waals surface area (Å²) in [4.78, 5) is 11.9. The van der Waals surface area contributed by atoms with Crippen molar-refractivity contribution in [1.82, 2.24) is 5.32 Å². The summed E-state index contributed by atoms with van der Waals surface area (Å²) in [6.45, 7) is 0.743. The number of amides is 1. The van der Waals surface area contributed by atoms with E-state index >= 15 is 0 Å². The summed E-state index contributed by atoms with van der Waals surface area (Å²) >= 11 is 11.8. The molecule has 0 unspecified atom stereocenters. The van der Waals surface area contributed by atoms with Crippen molar-refractivity contribution in [3.8, 4) is 5.75 Å². The molecule has 3 nitrogen and oxygen atoms in total. The van der Waals surface area contributed by atoms with E-state index in [1.54, 1.807) is 42.5 Å². The van der Waals surface area contributed by atoms with E-state index in [1.807, 2.05) is 6.07 Å². The summed E-state index contributed by atoms with van der Waals surface area (Å²) in [5, 5.41) is 3.79. The second-order valence-corrected chi connectivity index (χ2v) is 4.89. The number of benzene rings is 2. The van der Waals surface area contributed by atoms with E-state index in [4.69, 9.17) is 27.9 Å². The van der Waals surface area contributed by atoms with E-state index in [0.29, 0.717) is 34.5 Å². The van der Waals surface area contributed by atoms with Gasteiger partial charge in [0.1, 0.15) is 12.4 Å². The lowest BCUT2D eigenvalue weighted by Gasteiger charge is -2.08. The second kappa shape index (κ2) is 7.17. The summed E-state index contributed by atoms with van der Waals surface area (Å²) in [5.41, 5.74) is 0.455. The van der Waals surface area contributed by atoms with Crippen LogP contribution in [-0.4, -0.2) is 19.1 Å². The zero-order chi connectivity index (χ0) is 14.4. The maximum atomic E-state index is 11.9. The van der Waals surface area contributed by atoms with Gasteiger partial charge in [0.2, 0.25) is 0 Å². The van der Waals surface area contributed by atoms with E-state index in [0.717, 1.165) is 0 Å². The molecule has 0 radical (unpaired) electrons. The minimum atomic E-state index is -0.217. The van der Waals surface area contributed by atoms with E-state index in [-0.39, 0.29) is 5.91 Å². The SMILES string of the molecule is O=C(NCCOc1cccc(Cl)c1)c1ccccc1Cl. The highest BCUT2D eigenvalue weighted by Gasteiger charge is 2.08. The minimum Gasteiger partial charge on any atom is -0.492 e. The van der Waals surface area contributed by atoms with Crippen LogP contribution in [0.4, 0.5) is 0 Å². The van der Waals surface area contributed by atoms with E-state index in [1.165, 1.54) is 0 Å². The number of hydrogen-bond donors (Lipinski definition) is 1. The molecule has 0 aromatic heterocycles. The number of ether oxygens (including phenoxy) is 1. The first-order valence-electron chi connectivity index (χ1n) is 6.08. The minimum absolute atomic E-state index is 0.217. The molecule has 20 heavy (non-hydrogen) atoms. The number of hydrogen-bond acceptors (Lipinski definition) is 2. The summed E-state index contributed by atoms with van der Waals surface area (Å²) in [6.07, 6.45) is 0. The van der Waals surface area contributed by atoms with Crippen LogP contribution in [0.25, 0.3) is 0 Å². The predicted molar refractivity (Wildman–Crippen MR) is 80.7 cm³/mol. The average molecular weight is 310 g/mol. The van der Waals surface area contributed by atoms with Crippen LogP contribution in [0.3, 0.4) is 0 Å². The Labute approximate surface area is 127 Å². The van der Waals surface area contributed by atoms with Crippen molar-refractivity contribution < 1.29 is 9.53 Å². The third-order valence-corrected chi connectivity index (χ3v) is 3.14. The lowest BCUT2D eigenvalue weighted by Crippen LogP contribution is -2.28. The molecule has 2 aromatic rings. The van der Waals surface area contributed by atoms with Crippen LogP contribution in [-0.2, 0) is 0 Å². The number of nitrogens with one attached hydrogen (secondary N) is 1. The van der Waals surface area contributed by atoms with Crippen molar-refractivity contribution in [2.45, 2.75) is 0 Å². The Kier molecular flexibility index (Phi) is 5.27. The van der Waals surface area contributed by atoms with Gasteiger partial charge in [-0.1, -0.05) is 41.4 Å². The zero-order valence-corrected chi connectivity index (χ0v) is 12.1. The first kappa shape index (κ1) is 14.7. The van der Waals surface area contributed by atoms with Gasteiger partial charge >= 0.3 is 0 Å². The van der Waals surface area contributed by atoms with Crippen LogP contribution >= 0.6 is 23.2 Å². The fraction of sp³-hybridized carbons (Fsp3) is 0.133. The third-order valence-electron chi connectivity index (χ3n) is 2.57. The third kappa shape index (κ3) is 4.15. The molecule has 0 aliphatic rings. The van der Waals surface area contributed by atoms with Crippen LogP contribution in [0.1, 0.15) is 10.4 Å². The van der Waals surface area contributed by atoms with E-state index < -0.39 is 0 Å². The quantitative estimate of drug-likeness (QED) is 0.853. The van der Waals surface area contributed by atoms with E-state index in [2.05, 4.69) is 5.32 Å².